The predicted molar refractivity (Wildman–Crippen MR) is 86.3 cm³/mol. The summed E-state index contributed by atoms with van der Waals surface area (Å²) in [5, 5.41) is 0. The molecule has 1 fully saturated rings. The molecule has 0 aliphatic heterocycles. The maximum Gasteiger partial charge on any atom is 0.337 e. The SMILES string of the molecule is COCCn1c(=NC(=O)C2CC2)sc2cc(C(=O)OC)ccc21. The molecule has 1 amide bonds. The van der Waals surface area contributed by atoms with E-state index in [2.05, 4.69) is 4.99 Å². The first-order valence-electron chi connectivity index (χ1n) is 7.43. The van der Waals surface area contributed by atoms with Crippen molar-refractivity contribution >= 4 is 33.4 Å². The fraction of sp³-hybridized carbons (Fsp3) is 0.438. The Morgan fingerprint density at radius 1 is 1.35 bits per heavy atom. The number of aromatic nitrogens is 1. The topological polar surface area (TPSA) is 69.9 Å². The van der Waals surface area contributed by atoms with Crippen LogP contribution >= 0.6 is 11.3 Å². The first kappa shape index (κ1) is 15.9. The van der Waals surface area contributed by atoms with Crippen LogP contribution in [0.1, 0.15) is 23.2 Å². The summed E-state index contributed by atoms with van der Waals surface area (Å²) in [4.78, 5) is 28.6. The van der Waals surface area contributed by atoms with Crippen LogP contribution in [0.4, 0.5) is 0 Å². The second-order valence-electron chi connectivity index (χ2n) is 5.43. The van der Waals surface area contributed by atoms with E-state index in [0.717, 1.165) is 23.1 Å². The van der Waals surface area contributed by atoms with Crippen LogP contribution in [0.2, 0.25) is 0 Å². The quantitative estimate of drug-likeness (QED) is 0.784. The van der Waals surface area contributed by atoms with Gasteiger partial charge in [0.2, 0.25) is 0 Å². The number of thiazole rings is 1. The number of fused-ring (bicyclic) bond motifs is 1. The molecule has 0 unspecified atom stereocenters. The highest BCUT2D eigenvalue weighted by atomic mass is 32.1. The van der Waals surface area contributed by atoms with E-state index in [0.29, 0.717) is 23.5 Å². The number of ether oxygens (including phenoxy) is 2. The number of esters is 1. The molecular weight excluding hydrogens is 316 g/mol. The molecule has 1 aliphatic carbocycles. The van der Waals surface area contributed by atoms with Gasteiger partial charge in [0.25, 0.3) is 5.91 Å². The zero-order valence-corrected chi connectivity index (χ0v) is 13.9. The number of amides is 1. The monoisotopic (exact) mass is 334 g/mol. The van der Waals surface area contributed by atoms with Crippen LogP contribution in [-0.2, 0) is 20.8 Å². The minimum absolute atomic E-state index is 0.0593. The Morgan fingerprint density at radius 3 is 2.78 bits per heavy atom. The first-order valence-corrected chi connectivity index (χ1v) is 8.25. The van der Waals surface area contributed by atoms with Crippen LogP contribution in [0.15, 0.2) is 23.2 Å². The number of hydrogen-bond donors (Lipinski definition) is 0. The summed E-state index contributed by atoms with van der Waals surface area (Å²) in [5.41, 5.74) is 1.42. The summed E-state index contributed by atoms with van der Waals surface area (Å²) in [5.74, 6) is -0.353. The van der Waals surface area contributed by atoms with E-state index < -0.39 is 0 Å². The van der Waals surface area contributed by atoms with Crippen molar-refractivity contribution in [1.82, 2.24) is 4.57 Å². The Morgan fingerprint density at radius 2 is 2.13 bits per heavy atom. The summed E-state index contributed by atoms with van der Waals surface area (Å²) in [7, 11) is 2.99. The van der Waals surface area contributed by atoms with Crippen molar-refractivity contribution in [2.24, 2.45) is 10.9 Å². The Balaban J connectivity index is 2.09. The number of benzene rings is 1. The van der Waals surface area contributed by atoms with Crippen molar-refractivity contribution in [1.29, 1.82) is 0 Å². The lowest BCUT2D eigenvalue weighted by molar-refractivity contribution is -0.119. The number of hydrogen-bond acceptors (Lipinski definition) is 5. The smallest absolute Gasteiger partial charge is 0.337 e. The average Bonchev–Trinajstić information content (AvgIpc) is 3.35. The molecule has 1 saturated carbocycles. The third-order valence-electron chi connectivity index (χ3n) is 3.76. The number of carbonyl (C=O) groups is 2. The van der Waals surface area contributed by atoms with Crippen molar-refractivity contribution in [3.8, 4) is 0 Å². The van der Waals surface area contributed by atoms with Crippen LogP contribution in [0.25, 0.3) is 10.2 Å². The standard InChI is InChI=1S/C16H18N2O4S/c1-21-8-7-18-12-6-5-11(15(20)22-2)9-13(12)23-16(18)17-14(19)10-3-4-10/h5-6,9-10H,3-4,7-8H2,1-2H3. The zero-order chi connectivity index (χ0) is 16.4. The van der Waals surface area contributed by atoms with Crippen molar-refractivity contribution in [3.63, 3.8) is 0 Å². The van der Waals surface area contributed by atoms with Crippen LogP contribution in [0, 0.1) is 5.92 Å². The molecule has 0 spiro atoms. The van der Waals surface area contributed by atoms with Crippen LogP contribution in [0.3, 0.4) is 0 Å². The highest BCUT2D eigenvalue weighted by Crippen LogP contribution is 2.30. The summed E-state index contributed by atoms with van der Waals surface area (Å²) in [6.07, 6.45) is 1.86. The Hall–Kier alpha value is -1.99. The summed E-state index contributed by atoms with van der Waals surface area (Å²) in [6.45, 7) is 1.13. The van der Waals surface area contributed by atoms with E-state index in [1.54, 1.807) is 19.2 Å². The second kappa shape index (κ2) is 6.64. The molecule has 1 aromatic heterocycles. The molecule has 0 atom stereocenters. The lowest BCUT2D eigenvalue weighted by Crippen LogP contribution is -2.19. The van der Waals surface area contributed by atoms with Gasteiger partial charge in [0, 0.05) is 19.6 Å². The van der Waals surface area contributed by atoms with E-state index >= 15 is 0 Å². The number of methoxy groups -OCH3 is 2. The minimum atomic E-state index is -0.378. The van der Waals surface area contributed by atoms with Gasteiger partial charge in [0.05, 0.1) is 29.5 Å². The molecule has 23 heavy (non-hydrogen) atoms. The Bertz CT molecular complexity index is 817. The molecule has 6 nitrogen and oxygen atoms in total. The fourth-order valence-corrected chi connectivity index (χ4v) is 3.42. The first-order chi connectivity index (χ1) is 11.1. The van der Waals surface area contributed by atoms with Gasteiger partial charge in [-0.05, 0) is 31.0 Å². The van der Waals surface area contributed by atoms with Crippen LogP contribution in [0.5, 0.6) is 0 Å². The van der Waals surface area contributed by atoms with Gasteiger partial charge in [-0.25, -0.2) is 4.79 Å². The van der Waals surface area contributed by atoms with Crippen molar-refractivity contribution in [2.45, 2.75) is 19.4 Å². The maximum atomic E-state index is 12.0. The van der Waals surface area contributed by atoms with Gasteiger partial charge in [0.15, 0.2) is 4.80 Å². The van der Waals surface area contributed by atoms with E-state index in [-0.39, 0.29) is 17.8 Å². The molecule has 0 saturated heterocycles. The highest BCUT2D eigenvalue weighted by molar-refractivity contribution is 7.16. The number of rotatable bonds is 5. The fourth-order valence-electron chi connectivity index (χ4n) is 2.32. The lowest BCUT2D eigenvalue weighted by Gasteiger charge is -2.04. The van der Waals surface area contributed by atoms with Gasteiger partial charge in [-0.1, -0.05) is 11.3 Å². The normalized spacial score (nSPS) is 15.1. The molecule has 0 radical (unpaired) electrons. The van der Waals surface area contributed by atoms with Gasteiger partial charge in [0.1, 0.15) is 0 Å². The largest absolute Gasteiger partial charge is 0.465 e. The molecule has 2 aromatic rings. The summed E-state index contributed by atoms with van der Waals surface area (Å²) < 4.78 is 12.8. The zero-order valence-electron chi connectivity index (χ0n) is 13.1. The second-order valence-corrected chi connectivity index (χ2v) is 6.44. The van der Waals surface area contributed by atoms with E-state index in [4.69, 9.17) is 9.47 Å². The number of nitrogens with zero attached hydrogens (tertiary/aromatic N) is 2. The molecule has 1 aromatic carbocycles. The third-order valence-corrected chi connectivity index (χ3v) is 4.80. The maximum absolute atomic E-state index is 12.0. The molecule has 122 valence electrons. The molecular formula is C16H18N2O4S. The van der Waals surface area contributed by atoms with E-state index in [9.17, 15) is 9.59 Å². The van der Waals surface area contributed by atoms with Gasteiger partial charge in [-0.3, -0.25) is 4.79 Å². The molecule has 7 heteroatoms. The van der Waals surface area contributed by atoms with Crippen LogP contribution in [-0.4, -0.2) is 37.3 Å². The van der Waals surface area contributed by atoms with Crippen molar-refractivity contribution in [3.05, 3.63) is 28.6 Å². The number of carbonyl (C=O) groups excluding carboxylic acids is 2. The van der Waals surface area contributed by atoms with Crippen molar-refractivity contribution in [2.75, 3.05) is 20.8 Å². The predicted octanol–water partition coefficient (Wildman–Crippen LogP) is 1.97. The minimum Gasteiger partial charge on any atom is -0.465 e. The molecule has 1 aliphatic rings. The average molecular weight is 334 g/mol. The summed E-state index contributed by atoms with van der Waals surface area (Å²) >= 11 is 1.40. The Kier molecular flexibility index (Phi) is 4.58. The lowest BCUT2D eigenvalue weighted by atomic mass is 10.2. The van der Waals surface area contributed by atoms with Crippen LogP contribution < -0.4 is 4.80 Å². The molecule has 0 bridgehead atoms. The molecule has 1 heterocycles. The van der Waals surface area contributed by atoms with E-state index in [1.165, 1.54) is 18.4 Å². The highest BCUT2D eigenvalue weighted by Gasteiger charge is 2.29. The third kappa shape index (κ3) is 3.35. The van der Waals surface area contributed by atoms with Gasteiger partial charge in [-0.2, -0.15) is 4.99 Å². The molecule has 0 N–H and O–H groups in total. The summed E-state index contributed by atoms with van der Waals surface area (Å²) in [6, 6.07) is 5.35. The van der Waals surface area contributed by atoms with Gasteiger partial charge in [-0.15, -0.1) is 0 Å². The molecule has 3 rings (SSSR count). The van der Waals surface area contributed by atoms with Crippen molar-refractivity contribution < 1.29 is 19.1 Å². The van der Waals surface area contributed by atoms with Gasteiger partial charge < -0.3 is 14.0 Å². The van der Waals surface area contributed by atoms with E-state index in [1.807, 2.05) is 10.6 Å². The van der Waals surface area contributed by atoms with Gasteiger partial charge >= 0.3 is 5.97 Å². The Labute approximate surface area is 137 Å².